The second kappa shape index (κ2) is 8.60. The second-order valence-electron chi connectivity index (χ2n) is 5.44. The summed E-state index contributed by atoms with van der Waals surface area (Å²) in [7, 11) is 0. The standard InChI is InChI=1S/C19H24O2/c20-12-10-18-8-2-6-16(14-18)4-1-5-17-7-3-9-19(15-17)11-13-21/h2-3,6-9,14-15,20-21H,1,4-5,10-13H2. The molecule has 0 aliphatic heterocycles. The third-order valence-electron chi connectivity index (χ3n) is 3.71. The van der Waals surface area contributed by atoms with Crippen molar-refractivity contribution in [2.75, 3.05) is 13.2 Å². The van der Waals surface area contributed by atoms with Crippen molar-refractivity contribution < 1.29 is 10.2 Å². The van der Waals surface area contributed by atoms with Crippen LogP contribution in [0, 0.1) is 0 Å². The number of rotatable bonds is 8. The molecule has 112 valence electrons. The Kier molecular flexibility index (Phi) is 6.45. The molecule has 0 heterocycles. The molecule has 2 nitrogen and oxygen atoms in total. The summed E-state index contributed by atoms with van der Waals surface area (Å²) >= 11 is 0. The molecule has 0 radical (unpaired) electrons. The van der Waals surface area contributed by atoms with E-state index in [-0.39, 0.29) is 13.2 Å². The molecule has 0 spiro atoms. The summed E-state index contributed by atoms with van der Waals surface area (Å²) in [6.07, 6.45) is 4.70. The van der Waals surface area contributed by atoms with E-state index in [0.29, 0.717) is 0 Å². The average Bonchev–Trinajstić information content (AvgIpc) is 2.49. The molecule has 2 aromatic rings. The van der Waals surface area contributed by atoms with E-state index in [9.17, 15) is 0 Å². The van der Waals surface area contributed by atoms with Crippen molar-refractivity contribution in [3.05, 3.63) is 70.8 Å². The molecule has 0 bridgehead atoms. The molecule has 0 aromatic heterocycles. The quantitative estimate of drug-likeness (QED) is 0.782. The van der Waals surface area contributed by atoms with E-state index in [1.807, 2.05) is 0 Å². The fourth-order valence-corrected chi connectivity index (χ4v) is 2.64. The van der Waals surface area contributed by atoms with Crippen LogP contribution in [0.3, 0.4) is 0 Å². The summed E-state index contributed by atoms with van der Waals surface area (Å²) in [5, 5.41) is 18.0. The lowest BCUT2D eigenvalue weighted by atomic mass is 10.00. The van der Waals surface area contributed by atoms with Gasteiger partial charge in [-0.2, -0.15) is 0 Å². The predicted molar refractivity (Wildman–Crippen MR) is 86.5 cm³/mol. The molecule has 0 aliphatic rings. The summed E-state index contributed by atoms with van der Waals surface area (Å²) in [6, 6.07) is 17.0. The number of aliphatic hydroxyl groups excluding tert-OH is 2. The Bertz CT molecular complexity index is 499. The molecule has 0 saturated heterocycles. The second-order valence-corrected chi connectivity index (χ2v) is 5.44. The van der Waals surface area contributed by atoms with Gasteiger partial charge in [0.2, 0.25) is 0 Å². The van der Waals surface area contributed by atoms with Crippen molar-refractivity contribution in [1.29, 1.82) is 0 Å². The molecular weight excluding hydrogens is 260 g/mol. The van der Waals surface area contributed by atoms with Crippen LogP contribution in [0.2, 0.25) is 0 Å². The SMILES string of the molecule is OCCc1cccc(CCCc2cccc(CCO)c2)c1. The van der Waals surface area contributed by atoms with Crippen LogP contribution in [-0.4, -0.2) is 23.4 Å². The first-order chi connectivity index (χ1) is 10.3. The number of aryl methyl sites for hydroxylation is 2. The first-order valence-electron chi connectivity index (χ1n) is 7.69. The number of aliphatic hydroxyl groups is 2. The summed E-state index contributed by atoms with van der Waals surface area (Å²) in [6.45, 7) is 0.419. The van der Waals surface area contributed by atoms with E-state index in [2.05, 4.69) is 48.5 Å². The fraction of sp³-hybridized carbons (Fsp3) is 0.368. The predicted octanol–water partition coefficient (Wildman–Crippen LogP) is 2.93. The Balaban J connectivity index is 1.86. The molecule has 0 atom stereocenters. The van der Waals surface area contributed by atoms with Gasteiger partial charge in [-0.1, -0.05) is 48.5 Å². The highest BCUT2D eigenvalue weighted by Crippen LogP contribution is 2.12. The van der Waals surface area contributed by atoms with Gasteiger partial charge in [-0.3, -0.25) is 0 Å². The molecule has 0 aliphatic carbocycles. The minimum atomic E-state index is 0.209. The van der Waals surface area contributed by atoms with E-state index in [1.165, 1.54) is 22.3 Å². The highest BCUT2D eigenvalue weighted by atomic mass is 16.3. The monoisotopic (exact) mass is 284 g/mol. The Morgan fingerprint density at radius 2 is 0.952 bits per heavy atom. The van der Waals surface area contributed by atoms with Gasteiger partial charge < -0.3 is 10.2 Å². The van der Waals surface area contributed by atoms with Crippen LogP contribution in [0.5, 0.6) is 0 Å². The lowest BCUT2D eigenvalue weighted by Crippen LogP contribution is -1.95. The van der Waals surface area contributed by atoms with Crippen molar-refractivity contribution in [1.82, 2.24) is 0 Å². The topological polar surface area (TPSA) is 40.5 Å². The summed E-state index contributed by atoms with van der Waals surface area (Å²) in [4.78, 5) is 0. The number of benzene rings is 2. The highest BCUT2D eigenvalue weighted by Gasteiger charge is 1.99. The van der Waals surface area contributed by atoms with Gasteiger partial charge >= 0.3 is 0 Å². The zero-order valence-electron chi connectivity index (χ0n) is 12.5. The normalized spacial score (nSPS) is 10.8. The van der Waals surface area contributed by atoms with Crippen LogP contribution in [0.1, 0.15) is 28.7 Å². The van der Waals surface area contributed by atoms with Crippen LogP contribution < -0.4 is 0 Å². The molecule has 0 saturated carbocycles. The molecule has 2 N–H and O–H groups in total. The smallest absolute Gasteiger partial charge is 0.0471 e. The zero-order chi connectivity index (χ0) is 14.9. The Hall–Kier alpha value is -1.64. The lowest BCUT2D eigenvalue weighted by Gasteiger charge is -2.06. The minimum Gasteiger partial charge on any atom is -0.396 e. The van der Waals surface area contributed by atoms with Crippen LogP contribution in [-0.2, 0) is 25.7 Å². The molecular formula is C19H24O2. The van der Waals surface area contributed by atoms with E-state index in [0.717, 1.165) is 32.1 Å². The third kappa shape index (κ3) is 5.33. The maximum atomic E-state index is 8.99. The molecule has 2 aromatic carbocycles. The van der Waals surface area contributed by atoms with E-state index >= 15 is 0 Å². The van der Waals surface area contributed by atoms with Crippen molar-refractivity contribution in [3.8, 4) is 0 Å². The van der Waals surface area contributed by atoms with E-state index in [4.69, 9.17) is 10.2 Å². The van der Waals surface area contributed by atoms with Crippen LogP contribution in [0.4, 0.5) is 0 Å². The number of hydrogen-bond acceptors (Lipinski definition) is 2. The van der Waals surface area contributed by atoms with Gasteiger partial charge in [0, 0.05) is 13.2 Å². The maximum Gasteiger partial charge on any atom is 0.0471 e. The largest absolute Gasteiger partial charge is 0.396 e. The van der Waals surface area contributed by atoms with Crippen LogP contribution in [0.25, 0.3) is 0 Å². The molecule has 21 heavy (non-hydrogen) atoms. The first kappa shape index (κ1) is 15.7. The summed E-state index contributed by atoms with van der Waals surface area (Å²) in [5.41, 5.74) is 5.10. The van der Waals surface area contributed by atoms with Crippen LogP contribution in [0.15, 0.2) is 48.5 Å². The maximum absolute atomic E-state index is 8.99. The molecule has 0 fully saturated rings. The van der Waals surface area contributed by atoms with Gasteiger partial charge in [0.15, 0.2) is 0 Å². The van der Waals surface area contributed by atoms with Crippen LogP contribution >= 0.6 is 0 Å². The van der Waals surface area contributed by atoms with Crippen molar-refractivity contribution in [3.63, 3.8) is 0 Å². The minimum absolute atomic E-state index is 0.209. The van der Waals surface area contributed by atoms with Gasteiger partial charge in [-0.25, -0.2) is 0 Å². The van der Waals surface area contributed by atoms with Gasteiger partial charge in [-0.05, 0) is 54.4 Å². The number of hydrogen-bond donors (Lipinski definition) is 2. The van der Waals surface area contributed by atoms with Gasteiger partial charge in [0.05, 0.1) is 0 Å². The van der Waals surface area contributed by atoms with Crippen molar-refractivity contribution in [2.24, 2.45) is 0 Å². The summed E-state index contributed by atoms with van der Waals surface area (Å²) in [5.74, 6) is 0. The van der Waals surface area contributed by atoms with Crippen molar-refractivity contribution >= 4 is 0 Å². The molecule has 2 rings (SSSR count). The fourth-order valence-electron chi connectivity index (χ4n) is 2.64. The first-order valence-corrected chi connectivity index (χ1v) is 7.69. The molecule has 2 heteroatoms. The lowest BCUT2D eigenvalue weighted by molar-refractivity contribution is 0.299. The zero-order valence-corrected chi connectivity index (χ0v) is 12.5. The Morgan fingerprint density at radius 3 is 1.33 bits per heavy atom. The van der Waals surface area contributed by atoms with Gasteiger partial charge in [0.25, 0.3) is 0 Å². The molecule has 0 amide bonds. The Labute approximate surface area is 127 Å². The highest BCUT2D eigenvalue weighted by molar-refractivity contribution is 5.25. The van der Waals surface area contributed by atoms with E-state index < -0.39 is 0 Å². The van der Waals surface area contributed by atoms with Gasteiger partial charge in [0.1, 0.15) is 0 Å². The Morgan fingerprint density at radius 1 is 0.571 bits per heavy atom. The third-order valence-corrected chi connectivity index (χ3v) is 3.71. The van der Waals surface area contributed by atoms with Crippen molar-refractivity contribution in [2.45, 2.75) is 32.1 Å². The average molecular weight is 284 g/mol. The van der Waals surface area contributed by atoms with E-state index in [1.54, 1.807) is 0 Å². The summed E-state index contributed by atoms with van der Waals surface area (Å²) < 4.78 is 0. The van der Waals surface area contributed by atoms with Gasteiger partial charge in [-0.15, -0.1) is 0 Å². The molecule has 0 unspecified atom stereocenters.